The molecule has 0 saturated heterocycles. The van der Waals surface area contributed by atoms with Crippen LogP contribution < -0.4 is 11.1 Å². The summed E-state index contributed by atoms with van der Waals surface area (Å²) in [7, 11) is 0. The number of carbonyl (C=O) groups excluding carboxylic acids is 2. The van der Waals surface area contributed by atoms with Gasteiger partial charge in [-0.3, -0.25) is 4.79 Å². The minimum Gasteiger partial charge on any atom is -0.338 e. The lowest BCUT2D eigenvalue weighted by atomic mass is 9.77. The van der Waals surface area contributed by atoms with Crippen molar-refractivity contribution in [2.45, 2.75) is 18.0 Å². The molecule has 1 amide bonds. The summed E-state index contributed by atoms with van der Waals surface area (Å²) >= 11 is 0. The zero-order valence-electron chi connectivity index (χ0n) is 14.9. The molecule has 3 N–H and O–H groups in total. The van der Waals surface area contributed by atoms with E-state index in [-0.39, 0.29) is 12.3 Å². The molecule has 0 fully saturated rings. The van der Waals surface area contributed by atoms with Crippen LogP contribution in [0.3, 0.4) is 0 Å². The van der Waals surface area contributed by atoms with Crippen LogP contribution in [0.15, 0.2) is 91.0 Å². The first-order chi connectivity index (χ1) is 13.2. The predicted octanol–water partition coefficient (Wildman–Crippen LogP) is 3.01. The van der Waals surface area contributed by atoms with Crippen LogP contribution in [0, 0.1) is 0 Å². The Kier molecular flexibility index (Phi) is 5.79. The molecule has 0 bridgehead atoms. The van der Waals surface area contributed by atoms with Crippen LogP contribution in [-0.4, -0.2) is 18.2 Å². The minimum absolute atomic E-state index is 0.0717. The van der Waals surface area contributed by atoms with Gasteiger partial charge in [0.2, 0.25) is 5.91 Å². The van der Waals surface area contributed by atoms with Crippen molar-refractivity contribution < 1.29 is 9.59 Å². The van der Waals surface area contributed by atoms with Crippen molar-refractivity contribution in [2.24, 2.45) is 5.73 Å². The molecule has 4 heteroatoms. The van der Waals surface area contributed by atoms with Gasteiger partial charge in [0.15, 0.2) is 0 Å². The SMILES string of the molecule is NC(C=O)CC(=O)NC(c1ccccc1)(c1ccccc1)c1ccccc1. The van der Waals surface area contributed by atoms with Gasteiger partial charge in [-0.25, -0.2) is 0 Å². The molecule has 0 aliphatic heterocycles. The van der Waals surface area contributed by atoms with Gasteiger partial charge in [0.25, 0.3) is 0 Å². The molecule has 0 heterocycles. The molecule has 4 nitrogen and oxygen atoms in total. The Morgan fingerprint density at radius 1 is 0.815 bits per heavy atom. The fourth-order valence-corrected chi connectivity index (χ4v) is 3.30. The Hall–Kier alpha value is -3.24. The molecule has 136 valence electrons. The van der Waals surface area contributed by atoms with Crippen LogP contribution in [0.5, 0.6) is 0 Å². The first-order valence-corrected chi connectivity index (χ1v) is 8.85. The summed E-state index contributed by atoms with van der Waals surface area (Å²) in [6.07, 6.45) is 0.520. The fraction of sp³-hybridized carbons (Fsp3) is 0.130. The number of carbonyl (C=O) groups is 2. The van der Waals surface area contributed by atoms with Gasteiger partial charge in [0.1, 0.15) is 11.8 Å². The van der Waals surface area contributed by atoms with Gasteiger partial charge in [0.05, 0.1) is 6.04 Å². The fourth-order valence-electron chi connectivity index (χ4n) is 3.30. The van der Waals surface area contributed by atoms with E-state index in [1.165, 1.54) is 0 Å². The van der Waals surface area contributed by atoms with E-state index in [1.54, 1.807) is 0 Å². The highest BCUT2D eigenvalue weighted by molar-refractivity contribution is 5.82. The van der Waals surface area contributed by atoms with Crippen molar-refractivity contribution in [3.63, 3.8) is 0 Å². The summed E-state index contributed by atoms with van der Waals surface area (Å²) in [5.74, 6) is -0.286. The molecular formula is C23H22N2O2. The van der Waals surface area contributed by atoms with Crippen LogP contribution >= 0.6 is 0 Å². The van der Waals surface area contributed by atoms with E-state index in [2.05, 4.69) is 5.32 Å². The quantitative estimate of drug-likeness (QED) is 0.504. The Bertz CT molecular complexity index is 783. The maximum absolute atomic E-state index is 12.8. The first kappa shape index (κ1) is 18.5. The van der Waals surface area contributed by atoms with Gasteiger partial charge < -0.3 is 15.8 Å². The summed E-state index contributed by atoms with van der Waals surface area (Å²) in [5.41, 5.74) is 7.57. The topological polar surface area (TPSA) is 72.2 Å². The Morgan fingerprint density at radius 2 is 1.19 bits per heavy atom. The molecule has 1 unspecified atom stereocenters. The number of benzene rings is 3. The van der Waals surface area contributed by atoms with Crippen LogP contribution in [-0.2, 0) is 15.1 Å². The van der Waals surface area contributed by atoms with Crippen molar-refractivity contribution in [1.29, 1.82) is 0 Å². The van der Waals surface area contributed by atoms with Crippen molar-refractivity contribution in [2.75, 3.05) is 0 Å². The molecule has 27 heavy (non-hydrogen) atoms. The number of hydrogen-bond donors (Lipinski definition) is 2. The van der Waals surface area contributed by atoms with Crippen LogP contribution in [0.25, 0.3) is 0 Å². The van der Waals surface area contributed by atoms with Crippen molar-refractivity contribution in [1.82, 2.24) is 5.32 Å². The van der Waals surface area contributed by atoms with Crippen molar-refractivity contribution >= 4 is 12.2 Å². The van der Waals surface area contributed by atoms with Gasteiger partial charge in [-0.05, 0) is 16.7 Å². The summed E-state index contributed by atoms with van der Waals surface area (Å²) < 4.78 is 0. The molecule has 0 aliphatic carbocycles. The van der Waals surface area contributed by atoms with Gasteiger partial charge in [-0.15, -0.1) is 0 Å². The summed E-state index contributed by atoms with van der Waals surface area (Å²) in [4.78, 5) is 23.7. The number of amides is 1. The molecule has 0 radical (unpaired) electrons. The van der Waals surface area contributed by atoms with Gasteiger partial charge in [0, 0.05) is 6.42 Å². The second kappa shape index (κ2) is 8.43. The average Bonchev–Trinajstić information content (AvgIpc) is 2.74. The van der Waals surface area contributed by atoms with E-state index in [1.807, 2.05) is 91.0 Å². The van der Waals surface area contributed by atoms with Crippen molar-refractivity contribution in [3.05, 3.63) is 108 Å². The van der Waals surface area contributed by atoms with E-state index < -0.39 is 11.6 Å². The lowest BCUT2D eigenvalue weighted by Crippen LogP contribution is -2.49. The van der Waals surface area contributed by atoms with Gasteiger partial charge in [-0.2, -0.15) is 0 Å². The molecule has 3 aromatic rings. The van der Waals surface area contributed by atoms with Crippen LogP contribution in [0.2, 0.25) is 0 Å². The molecule has 0 saturated carbocycles. The molecule has 0 aliphatic rings. The van der Waals surface area contributed by atoms with E-state index in [0.717, 1.165) is 16.7 Å². The van der Waals surface area contributed by atoms with E-state index in [4.69, 9.17) is 5.73 Å². The average molecular weight is 358 g/mol. The lowest BCUT2D eigenvalue weighted by molar-refractivity contribution is -0.124. The maximum atomic E-state index is 12.8. The summed E-state index contributed by atoms with van der Waals surface area (Å²) in [6.45, 7) is 0. The van der Waals surface area contributed by atoms with E-state index >= 15 is 0 Å². The summed E-state index contributed by atoms with van der Waals surface area (Å²) in [6, 6.07) is 28.6. The maximum Gasteiger partial charge on any atom is 0.223 e. The van der Waals surface area contributed by atoms with Gasteiger partial charge in [-0.1, -0.05) is 91.0 Å². The number of hydrogen-bond acceptors (Lipinski definition) is 3. The van der Waals surface area contributed by atoms with Crippen LogP contribution in [0.4, 0.5) is 0 Å². The smallest absolute Gasteiger partial charge is 0.223 e. The third kappa shape index (κ3) is 3.96. The predicted molar refractivity (Wildman–Crippen MR) is 106 cm³/mol. The third-order valence-electron chi connectivity index (χ3n) is 4.54. The van der Waals surface area contributed by atoms with Crippen LogP contribution in [0.1, 0.15) is 23.1 Å². The Labute approximate surface area is 159 Å². The molecule has 0 aromatic heterocycles. The summed E-state index contributed by atoms with van der Waals surface area (Å²) in [5, 5.41) is 3.17. The lowest BCUT2D eigenvalue weighted by Gasteiger charge is -2.37. The number of nitrogens with two attached hydrogens (primary N) is 1. The number of nitrogens with one attached hydrogen (secondary N) is 1. The first-order valence-electron chi connectivity index (χ1n) is 8.85. The Balaban J connectivity index is 2.20. The number of rotatable bonds is 7. The van der Waals surface area contributed by atoms with E-state index in [9.17, 15) is 9.59 Å². The Morgan fingerprint density at radius 3 is 1.52 bits per heavy atom. The van der Waals surface area contributed by atoms with Gasteiger partial charge >= 0.3 is 0 Å². The zero-order valence-corrected chi connectivity index (χ0v) is 14.9. The largest absolute Gasteiger partial charge is 0.338 e. The zero-order chi connectivity index (χ0) is 19.1. The molecular weight excluding hydrogens is 336 g/mol. The highest BCUT2D eigenvalue weighted by Gasteiger charge is 2.37. The molecule has 3 aromatic carbocycles. The van der Waals surface area contributed by atoms with E-state index in [0.29, 0.717) is 6.29 Å². The highest BCUT2D eigenvalue weighted by atomic mass is 16.2. The third-order valence-corrected chi connectivity index (χ3v) is 4.54. The second-order valence-corrected chi connectivity index (χ2v) is 6.40. The normalized spacial score (nSPS) is 12.2. The minimum atomic E-state index is -0.885. The molecule has 0 spiro atoms. The molecule has 3 rings (SSSR count). The standard InChI is InChI=1S/C23H22N2O2/c24-21(17-26)16-22(27)25-23(18-10-4-1-5-11-18,19-12-6-2-7-13-19)20-14-8-3-9-15-20/h1-15,17,21H,16,24H2,(H,25,27). The monoisotopic (exact) mass is 358 g/mol. The van der Waals surface area contributed by atoms with Crippen molar-refractivity contribution in [3.8, 4) is 0 Å². The molecule has 1 atom stereocenters. The number of aldehydes is 1. The second-order valence-electron chi connectivity index (χ2n) is 6.40. The highest BCUT2D eigenvalue weighted by Crippen LogP contribution is 2.36.